The van der Waals surface area contributed by atoms with Crippen molar-refractivity contribution in [2.24, 2.45) is 0 Å². The second-order valence-corrected chi connectivity index (χ2v) is 10.6. The van der Waals surface area contributed by atoms with Gasteiger partial charge < -0.3 is 5.11 Å². The molecule has 35 heavy (non-hydrogen) atoms. The van der Waals surface area contributed by atoms with Crippen LogP contribution in [0.15, 0.2) is 48.5 Å². The van der Waals surface area contributed by atoms with Gasteiger partial charge in [0.25, 0.3) is 0 Å². The number of phenols is 1. The summed E-state index contributed by atoms with van der Waals surface area (Å²) in [5.41, 5.74) is -1.79. The molecule has 2 nitrogen and oxygen atoms in total. The molecular weight excluding hydrogens is 468 g/mol. The van der Waals surface area contributed by atoms with E-state index in [0.717, 1.165) is 5.56 Å². The molecule has 3 aromatic rings. The molecule has 2 aromatic carbocycles. The van der Waals surface area contributed by atoms with E-state index >= 15 is 0 Å². The SMILES string of the molecule is CC(C)(C)c1cc(-c2cccc(-c3cc(C(F)(F)F)cc(C(F)(F)F)c3)n2)c(O)c(C(C)(C)C)c1. The molecule has 1 heterocycles. The second kappa shape index (κ2) is 8.57. The number of phenolic OH excluding ortho intramolecular Hbond substituents is 1. The standard InChI is InChI=1S/C27H27F6NO/c1-24(2,3)16-13-19(23(35)20(14-16)25(4,5)6)22-9-7-8-21(34-22)15-10-17(26(28,29)30)12-18(11-15)27(31,32)33/h7-14,35H,1-6H3. The van der Waals surface area contributed by atoms with Crippen LogP contribution in [-0.4, -0.2) is 10.1 Å². The van der Waals surface area contributed by atoms with Crippen molar-refractivity contribution in [2.75, 3.05) is 0 Å². The number of nitrogens with zero attached hydrogens (tertiary/aromatic N) is 1. The van der Waals surface area contributed by atoms with Crippen molar-refractivity contribution < 1.29 is 31.4 Å². The van der Waals surface area contributed by atoms with Gasteiger partial charge in [-0.15, -0.1) is 0 Å². The lowest BCUT2D eigenvalue weighted by Crippen LogP contribution is -2.17. The van der Waals surface area contributed by atoms with Crippen molar-refractivity contribution in [1.82, 2.24) is 4.98 Å². The summed E-state index contributed by atoms with van der Waals surface area (Å²) >= 11 is 0. The normalized spacial score (nSPS) is 13.3. The van der Waals surface area contributed by atoms with Crippen LogP contribution in [0.3, 0.4) is 0 Å². The molecule has 0 aliphatic rings. The fourth-order valence-electron chi connectivity index (χ4n) is 3.68. The molecule has 8 heteroatoms. The van der Waals surface area contributed by atoms with E-state index in [2.05, 4.69) is 4.98 Å². The molecule has 0 amide bonds. The van der Waals surface area contributed by atoms with Crippen molar-refractivity contribution in [3.05, 3.63) is 70.8 Å². The molecule has 0 radical (unpaired) electrons. The van der Waals surface area contributed by atoms with E-state index in [4.69, 9.17) is 0 Å². The van der Waals surface area contributed by atoms with Crippen LogP contribution in [0.5, 0.6) is 5.75 Å². The average Bonchev–Trinajstić information content (AvgIpc) is 2.70. The lowest BCUT2D eigenvalue weighted by molar-refractivity contribution is -0.143. The van der Waals surface area contributed by atoms with Gasteiger partial charge >= 0.3 is 12.4 Å². The highest BCUT2D eigenvalue weighted by Gasteiger charge is 2.37. The van der Waals surface area contributed by atoms with E-state index in [1.54, 1.807) is 12.1 Å². The van der Waals surface area contributed by atoms with Crippen molar-refractivity contribution in [1.29, 1.82) is 0 Å². The quantitative estimate of drug-likeness (QED) is 0.361. The Morgan fingerprint density at radius 2 is 1.14 bits per heavy atom. The van der Waals surface area contributed by atoms with Gasteiger partial charge in [0, 0.05) is 16.7 Å². The van der Waals surface area contributed by atoms with Crippen LogP contribution in [-0.2, 0) is 23.2 Å². The van der Waals surface area contributed by atoms with Crippen LogP contribution < -0.4 is 0 Å². The summed E-state index contributed by atoms with van der Waals surface area (Å²) in [4.78, 5) is 4.37. The van der Waals surface area contributed by atoms with Gasteiger partial charge in [-0.05, 0) is 52.8 Å². The minimum absolute atomic E-state index is 0.0322. The number of rotatable bonds is 2. The van der Waals surface area contributed by atoms with Crippen LogP contribution in [0.2, 0.25) is 0 Å². The number of pyridine rings is 1. The lowest BCUT2D eigenvalue weighted by Gasteiger charge is -2.27. The van der Waals surface area contributed by atoms with Gasteiger partial charge in [-0.25, -0.2) is 4.98 Å². The summed E-state index contributed by atoms with van der Waals surface area (Å²) in [5, 5.41) is 11.1. The van der Waals surface area contributed by atoms with Crippen LogP contribution in [0.4, 0.5) is 26.3 Å². The Morgan fingerprint density at radius 3 is 1.60 bits per heavy atom. The molecule has 0 fully saturated rings. The molecule has 0 saturated carbocycles. The first-order valence-electron chi connectivity index (χ1n) is 10.9. The van der Waals surface area contributed by atoms with Gasteiger partial charge in [-0.3, -0.25) is 0 Å². The highest BCUT2D eigenvalue weighted by atomic mass is 19.4. The molecule has 0 aliphatic heterocycles. The summed E-state index contributed by atoms with van der Waals surface area (Å²) in [6.45, 7) is 11.8. The Labute approximate surface area is 200 Å². The third-order valence-corrected chi connectivity index (χ3v) is 5.69. The molecule has 188 valence electrons. The molecule has 0 atom stereocenters. The van der Waals surface area contributed by atoms with Crippen molar-refractivity contribution in [3.8, 4) is 28.3 Å². The third kappa shape index (κ3) is 5.80. The van der Waals surface area contributed by atoms with Gasteiger partial charge in [-0.1, -0.05) is 53.7 Å². The minimum atomic E-state index is -4.96. The van der Waals surface area contributed by atoms with Crippen molar-refractivity contribution in [2.45, 2.75) is 64.7 Å². The number of alkyl halides is 6. The zero-order valence-electron chi connectivity index (χ0n) is 20.3. The van der Waals surface area contributed by atoms with E-state index < -0.39 is 28.9 Å². The molecule has 0 spiro atoms. The molecule has 0 unspecified atom stereocenters. The number of benzene rings is 2. The zero-order valence-corrected chi connectivity index (χ0v) is 20.3. The Morgan fingerprint density at radius 1 is 0.629 bits per heavy atom. The summed E-state index contributed by atoms with van der Waals surface area (Å²) in [6.07, 6.45) is -9.93. The van der Waals surface area contributed by atoms with Crippen molar-refractivity contribution >= 4 is 0 Å². The fraction of sp³-hybridized carbons (Fsp3) is 0.370. The number of halogens is 6. The molecule has 0 bridgehead atoms. The van der Waals surface area contributed by atoms with Gasteiger partial charge in [0.2, 0.25) is 0 Å². The highest BCUT2D eigenvalue weighted by Crippen LogP contribution is 2.43. The highest BCUT2D eigenvalue weighted by molar-refractivity contribution is 5.74. The predicted octanol–water partition coefficient (Wildman–Crippen LogP) is 8.75. The molecule has 0 saturated heterocycles. The molecule has 3 rings (SSSR count). The summed E-state index contributed by atoms with van der Waals surface area (Å²) in [6, 6.07) is 9.44. The van der Waals surface area contributed by atoms with E-state index in [0.29, 0.717) is 23.3 Å². The Kier molecular flexibility index (Phi) is 6.51. The first kappa shape index (κ1) is 26.6. The zero-order chi connectivity index (χ0) is 26.6. The lowest BCUT2D eigenvalue weighted by atomic mass is 9.78. The van der Waals surface area contributed by atoms with Crippen molar-refractivity contribution in [3.63, 3.8) is 0 Å². The van der Waals surface area contributed by atoms with Gasteiger partial charge in [0.05, 0.1) is 22.5 Å². The monoisotopic (exact) mass is 495 g/mol. The van der Waals surface area contributed by atoms with Crippen LogP contribution >= 0.6 is 0 Å². The maximum atomic E-state index is 13.3. The number of aromatic nitrogens is 1. The largest absolute Gasteiger partial charge is 0.507 e. The number of aromatic hydroxyl groups is 1. The van der Waals surface area contributed by atoms with Gasteiger partial charge in [0.15, 0.2) is 0 Å². The Hall–Kier alpha value is -3.03. The van der Waals surface area contributed by atoms with Crippen LogP contribution in [0.25, 0.3) is 22.5 Å². The molecule has 0 aliphatic carbocycles. The Balaban J connectivity index is 2.27. The van der Waals surface area contributed by atoms with E-state index in [1.807, 2.05) is 47.6 Å². The maximum absolute atomic E-state index is 13.3. The van der Waals surface area contributed by atoms with E-state index in [-0.39, 0.29) is 34.2 Å². The summed E-state index contributed by atoms with van der Waals surface area (Å²) < 4.78 is 80.0. The summed E-state index contributed by atoms with van der Waals surface area (Å²) in [5.74, 6) is -0.0322. The van der Waals surface area contributed by atoms with Crippen LogP contribution in [0.1, 0.15) is 63.8 Å². The summed E-state index contributed by atoms with van der Waals surface area (Å²) in [7, 11) is 0. The van der Waals surface area contributed by atoms with Gasteiger partial charge in [-0.2, -0.15) is 26.3 Å². The maximum Gasteiger partial charge on any atom is 0.416 e. The van der Waals surface area contributed by atoms with E-state index in [9.17, 15) is 31.4 Å². The number of hydrogen-bond donors (Lipinski definition) is 1. The molecule has 1 aromatic heterocycles. The van der Waals surface area contributed by atoms with E-state index in [1.165, 1.54) is 12.1 Å². The first-order valence-corrected chi connectivity index (χ1v) is 10.9. The third-order valence-electron chi connectivity index (χ3n) is 5.69. The second-order valence-electron chi connectivity index (χ2n) is 10.6. The van der Waals surface area contributed by atoms with Gasteiger partial charge in [0.1, 0.15) is 5.75 Å². The fourth-order valence-corrected chi connectivity index (χ4v) is 3.68. The minimum Gasteiger partial charge on any atom is -0.507 e. The first-order chi connectivity index (χ1) is 15.8. The van der Waals surface area contributed by atoms with Crippen LogP contribution in [0, 0.1) is 0 Å². The predicted molar refractivity (Wildman–Crippen MR) is 124 cm³/mol. The smallest absolute Gasteiger partial charge is 0.416 e. The molecular formula is C27H27F6NO. The molecule has 1 N–H and O–H groups in total. The topological polar surface area (TPSA) is 33.1 Å². The number of hydrogen-bond acceptors (Lipinski definition) is 2. The Bertz CT molecular complexity index is 1210. The average molecular weight is 496 g/mol.